The number of rotatable bonds is 4. The van der Waals surface area contributed by atoms with Crippen molar-refractivity contribution < 1.29 is 14.6 Å². The highest BCUT2D eigenvalue weighted by molar-refractivity contribution is 5.62. The highest BCUT2D eigenvalue weighted by atomic mass is 16.5. The quantitative estimate of drug-likeness (QED) is 0.732. The van der Waals surface area contributed by atoms with Crippen LogP contribution in [-0.4, -0.2) is 24.1 Å². The average molecular weight is 194 g/mol. The van der Waals surface area contributed by atoms with Crippen LogP contribution in [0.3, 0.4) is 0 Å². The van der Waals surface area contributed by atoms with Crippen LogP contribution in [0.15, 0.2) is 24.3 Å². The van der Waals surface area contributed by atoms with Crippen LogP contribution < -0.4 is 4.74 Å². The molecular weight excluding hydrogens is 180 g/mol. The SMILES string of the molecule is COc1cccc(CC(C)(O)C=O)c1. The first-order valence-corrected chi connectivity index (χ1v) is 4.39. The molecule has 0 saturated carbocycles. The van der Waals surface area contributed by atoms with Crippen molar-refractivity contribution in [2.45, 2.75) is 18.9 Å². The van der Waals surface area contributed by atoms with Crippen molar-refractivity contribution in [2.75, 3.05) is 7.11 Å². The molecule has 0 amide bonds. The van der Waals surface area contributed by atoms with Crippen molar-refractivity contribution in [1.29, 1.82) is 0 Å². The van der Waals surface area contributed by atoms with Crippen molar-refractivity contribution in [2.24, 2.45) is 0 Å². The van der Waals surface area contributed by atoms with Gasteiger partial charge in [-0.3, -0.25) is 0 Å². The molecular formula is C11H14O3. The minimum absolute atomic E-state index is 0.299. The maximum absolute atomic E-state index is 10.5. The molecule has 1 rings (SSSR count). The van der Waals surface area contributed by atoms with Crippen LogP contribution >= 0.6 is 0 Å². The van der Waals surface area contributed by atoms with Gasteiger partial charge in [0.1, 0.15) is 11.4 Å². The maximum atomic E-state index is 10.5. The van der Waals surface area contributed by atoms with Crippen LogP contribution in [0.1, 0.15) is 12.5 Å². The van der Waals surface area contributed by atoms with Gasteiger partial charge in [-0.15, -0.1) is 0 Å². The molecule has 0 heterocycles. The number of aliphatic hydroxyl groups is 1. The standard InChI is InChI=1S/C11H14O3/c1-11(13,8-12)7-9-4-3-5-10(6-9)14-2/h3-6,8,13H,7H2,1-2H3. The molecule has 76 valence electrons. The van der Waals surface area contributed by atoms with Crippen molar-refractivity contribution in [3.8, 4) is 5.75 Å². The number of carbonyl (C=O) groups excluding carboxylic acids is 1. The number of hydrogen-bond donors (Lipinski definition) is 1. The van der Waals surface area contributed by atoms with Gasteiger partial charge in [0.2, 0.25) is 0 Å². The Morgan fingerprint density at radius 1 is 1.57 bits per heavy atom. The number of carbonyl (C=O) groups is 1. The van der Waals surface area contributed by atoms with Crippen LogP contribution in [0, 0.1) is 0 Å². The third-order valence-electron chi connectivity index (χ3n) is 1.95. The van der Waals surface area contributed by atoms with Crippen molar-refractivity contribution in [3.63, 3.8) is 0 Å². The second-order valence-electron chi connectivity index (χ2n) is 3.50. The Balaban J connectivity index is 2.81. The number of benzene rings is 1. The Bertz CT molecular complexity index is 318. The molecule has 3 heteroatoms. The summed E-state index contributed by atoms with van der Waals surface area (Å²) < 4.78 is 5.03. The maximum Gasteiger partial charge on any atom is 0.151 e. The summed E-state index contributed by atoms with van der Waals surface area (Å²) in [5, 5.41) is 9.53. The largest absolute Gasteiger partial charge is 0.497 e. The Labute approximate surface area is 83.3 Å². The third kappa shape index (κ3) is 2.85. The highest BCUT2D eigenvalue weighted by Crippen LogP contribution is 2.16. The Morgan fingerprint density at radius 2 is 2.29 bits per heavy atom. The lowest BCUT2D eigenvalue weighted by Gasteiger charge is -2.15. The zero-order chi connectivity index (χ0) is 10.6. The van der Waals surface area contributed by atoms with E-state index in [-0.39, 0.29) is 0 Å². The van der Waals surface area contributed by atoms with E-state index in [2.05, 4.69) is 0 Å². The van der Waals surface area contributed by atoms with E-state index in [4.69, 9.17) is 4.74 Å². The fourth-order valence-electron chi connectivity index (χ4n) is 1.24. The van der Waals surface area contributed by atoms with E-state index in [0.717, 1.165) is 11.3 Å². The van der Waals surface area contributed by atoms with Crippen LogP contribution in [0.4, 0.5) is 0 Å². The monoisotopic (exact) mass is 194 g/mol. The second kappa shape index (κ2) is 4.24. The minimum atomic E-state index is -1.30. The predicted octanol–water partition coefficient (Wildman–Crippen LogP) is 1.19. The van der Waals surface area contributed by atoms with Gasteiger partial charge in [-0.2, -0.15) is 0 Å². The molecule has 0 fully saturated rings. The van der Waals surface area contributed by atoms with Gasteiger partial charge in [0.15, 0.2) is 6.29 Å². The van der Waals surface area contributed by atoms with Crippen LogP contribution in [0.5, 0.6) is 5.75 Å². The van der Waals surface area contributed by atoms with E-state index in [9.17, 15) is 9.90 Å². The number of aldehydes is 1. The molecule has 1 N–H and O–H groups in total. The summed E-state index contributed by atoms with van der Waals surface area (Å²) >= 11 is 0. The summed E-state index contributed by atoms with van der Waals surface area (Å²) in [7, 11) is 1.58. The Morgan fingerprint density at radius 3 is 2.86 bits per heavy atom. The normalized spacial score (nSPS) is 14.5. The first-order valence-electron chi connectivity index (χ1n) is 4.39. The van der Waals surface area contributed by atoms with Gasteiger partial charge in [0, 0.05) is 6.42 Å². The van der Waals surface area contributed by atoms with E-state index >= 15 is 0 Å². The van der Waals surface area contributed by atoms with Gasteiger partial charge in [-0.1, -0.05) is 12.1 Å². The van der Waals surface area contributed by atoms with Gasteiger partial charge in [-0.25, -0.2) is 0 Å². The van der Waals surface area contributed by atoms with E-state index in [1.54, 1.807) is 13.2 Å². The summed E-state index contributed by atoms with van der Waals surface area (Å²) in [5.74, 6) is 0.726. The van der Waals surface area contributed by atoms with Crippen LogP contribution in [-0.2, 0) is 11.2 Å². The smallest absolute Gasteiger partial charge is 0.151 e. The lowest BCUT2D eigenvalue weighted by molar-refractivity contribution is -0.122. The first-order chi connectivity index (χ1) is 6.57. The van der Waals surface area contributed by atoms with Crippen LogP contribution in [0.25, 0.3) is 0 Å². The molecule has 0 aliphatic rings. The molecule has 1 aromatic rings. The molecule has 1 unspecified atom stereocenters. The van der Waals surface area contributed by atoms with E-state index < -0.39 is 5.60 Å². The summed E-state index contributed by atoms with van der Waals surface area (Å²) in [6.45, 7) is 1.49. The summed E-state index contributed by atoms with van der Waals surface area (Å²) in [6, 6.07) is 7.30. The molecule has 0 bridgehead atoms. The Hall–Kier alpha value is -1.35. The molecule has 1 atom stereocenters. The predicted molar refractivity (Wildman–Crippen MR) is 53.4 cm³/mol. The van der Waals surface area contributed by atoms with Gasteiger partial charge < -0.3 is 14.6 Å². The molecule has 1 aromatic carbocycles. The van der Waals surface area contributed by atoms with Crippen molar-refractivity contribution in [3.05, 3.63) is 29.8 Å². The molecule has 0 spiro atoms. The number of hydrogen-bond acceptors (Lipinski definition) is 3. The molecule has 3 nitrogen and oxygen atoms in total. The van der Waals surface area contributed by atoms with Gasteiger partial charge >= 0.3 is 0 Å². The summed E-state index contributed by atoms with van der Waals surface area (Å²) in [5.41, 5.74) is -0.423. The second-order valence-corrected chi connectivity index (χ2v) is 3.50. The molecule has 0 radical (unpaired) electrons. The zero-order valence-electron chi connectivity index (χ0n) is 8.36. The number of ether oxygens (including phenoxy) is 1. The van der Waals surface area contributed by atoms with E-state index in [1.165, 1.54) is 6.92 Å². The topological polar surface area (TPSA) is 46.5 Å². The van der Waals surface area contributed by atoms with Gasteiger partial charge in [0.05, 0.1) is 7.11 Å². The molecule has 0 aliphatic carbocycles. The average Bonchev–Trinajstić information content (AvgIpc) is 2.17. The third-order valence-corrected chi connectivity index (χ3v) is 1.95. The molecule has 0 saturated heterocycles. The lowest BCUT2D eigenvalue weighted by Crippen LogP contribution is -2.28. The van der Waals surface area contributed by atoms with Gasteiger partial charge in [0.25, 0.3) is 0 Å². The first kappa shape index (κ1) is 10.7. The summed E-state index contributed by atoms with van der Waals surface area (Å²) in [6.07, 6.45) is 0.847. The summed E-state index contributed by atoms with van der Waals surface area (Å²) in [4.78, 5) is 10.5. The number of methoxy groups -OCH3 is 1. The zero-order valence-corrected chi connectivity index (χ0v) is 8.36. The van der Waals surface area contributed by atoms with E-state index in [0.29, 0.717) is 12.7 Å². The van der Waals surface area contributed by atoms with Gasteiger partial charge in [-0.05, 0) is 24.6 Å². The van der Waals surface area contributed by atoms with E-state index in [1.807, 2.05) is 18.2 Å². The fraction of sp³-hybridized carbons (Fsp3) is 0.364. The highest BCUT2D eigenvalue weighted by Gasteiger charge is 2.19. The fourth-order valence-corrected chi connectivity index (χ4v) is 1.24. The molecule has 0 aromatic heterocycles. The molecule has 14 heavy (non-hydrogen) atoms. The van der Waals surface area contributed by atoms with Crippen molar-refractivity contribution >= 4 is 6.29 Å². The lowest BCUT2D eigenvalue weighted by atomic mass is 9.98. The van der Waals surface area contributed by atoms with Crippen LogP contribution in [0.2, 0.25) is 0 Å². The Kier molecular flexibility index (Phi) is 3.25. The molecule has 0 aliphatic heterocycles. The minimum Gasteiger partial charge on any atom is -0.497 e. The van der Waals surface area contributed by atoms with Crippen molar-refractivity contribution in [1.82, 2.24) is 0 Å².